The first-order valence-electron chi connectivity index (χ1n) is 7.38. The molecule has 0 spiro atoms. The molecule has 8 heteroatoms. The number of thioether (sulfide) groups is 1. The standard InChI is InChI=1S/C16H16N2O4S2/c1-4-21-15(20)11-6-5-10(22-11)7-23-16-17-13(19)12-8(2)9(3)24-14(12)18-16/h5-6H,4,7H2,1-3H3,(H,17,18,19). The normalized spacial score (nSPS) is 11.1. The van der Waals surface area contributed by atoms with Gasteiger partial charge in [0, 0.05) is 4.88 Å². The highest BCUT2D eigenvalue weighted by molar-refractivity contribution is 7.98. The number of aryl methyl sites for hydroxylation is 2. The van der Waals surface area contributed by atoms with Crippen molar-refractivity contribution in [3.63, 3.8) is 0 Å². The molecule has 0 aromatic carbocycles. The average molecular weight is 364 g/mol. The molecule has 3 heterocycles. The number of carbonyl (C=O) groups excluding carboxylic acids is 1. The van der Waals surface area contributed by atoms with Crippen LogP contribution in [0.5, 0.6) is 0 Å². The lowest BCUT2D eigenvalue weighted by atomic mass is 10.2. The SMILES string of the molecule is CCOC(=O)c1ccc(CSc2nc3sc(C)c(C)c3c(=O)[nH]2)o1. The van der Waals surface area contributed by atoms with Gasteiger partial charge in [-0.2, -0.15) is 0 Å². The number of aromatic amines is 1. The summed E-state index contributed by atoms with van der Waals surface area (Å²) in [4.78, 5) is 32.9. The summed E-state index contributed by atoms with van der Waals surface area (Å²) < 4.78 is 10.3. The van der Waals surface area contributed by atoms with Crippen LogP contribution in [0, 0.1) is 13.8 Å². The van der Waals surface area contributed by atoms with Crippen LogP contribution in [0.25, 0.3) is 10.2 Å². The summed E-state index contributed by atoms with van der Waals surface area (Å²) in [6.07, 6.45) is 0. The van der Waals surface area contributed by atoms with Gasteiger partial charge in [0.25, 0.3) is 5.56 Å². The van der Waals surface area contributed by atoms with E-state index < -0.39 is 5.97 Å². The summed E-state index contributed by atoms with van der Waals surface area (Å²) in [5, 5.41) is 1.19. The summed E-state index contributed by atoms with van der Waals surface area (Å²) in [5.41, 5.74) is 0.849. The largest absolute Gasteiger partial charge is 0.460 e. The van der Waals surface area contributed by atoms with E-state index in [-0.39, 0.29) is 11.3 Å². The molecule has 0 unspecified atom stereocenters. The van der Waals surface area contributed by atoms with E-state index in [1.54, 1.807) is 19.1 Å². The topological polar surface area (TPSA) is 85.2 Å². The summed E-state index contributed by atoms with van der Waals surface area (Å²) in [6.45, 7) is 5.95. The number of thiophene rings is 1. The van der Waals surface area contributed by atoms with Gasteiger partial charge in [-0.1, -0.05) is 11.8 Å². The van der Waals surface area contributed by atoms with Gasteiger partial charge < -0.3 is 14.1 Å². The van der Waals surface area contributed by atoms with Crippen LogP contribution in [0.4, 0.5) is 0 Å². The number of carbonyl (C=O) groups is 1. The number of rotatable bonds is 5. The summed E-state index contributed by atoms with van der Waals surface area (Å²) in [6, 6.07) is 3.30. The first-order chi connectivity index (χ1) is 11.5. The van der Waals surface area contributed by atoms with Crippen LogP contribution in [0.2, 0.25) is 0 Å². The van der Waals surface area contributed by atoms with Crippen LogP contribution in [0.1, 0.15) is 33.7 Å². The number of nitrogens with one attached hydrogen (secondary N) is 1. The monoisotopic (exact) mass is 364 g/mol. The van der Waals surface area contributed by atoms with E-state index in [9.17, 15) is 9.59 Å². The number of aromatic nitrogens is 2. The highest BCUT2D eigenvalue weighted by atomic mass is 32.2. The van der Waals surface area contributed by atoms with Crippen molar-refractivity contribution in [3.05, 3.63) is 44.4 Å². The summed E-state index contributed by atoms with van der Waals surface area (Å²) in [5.74, 6) is 0.765. The van der Waals surface area contributed by atoms with Gasteiger partial charge in [0.1, 0.15) is 10.6 Å². The molecule has 0 aliphatic heterocycles. The molecule has 24 heavy (non-hydrogen) atoms. The molecule has 0 aliphatic rings. The van der Waals surface area contributed by atoms with Crippen molar-refractivity contribution in [1.82, 2.24) is 9.97 Å². The Morgan fingerprint density at radius 1 is 1.42 bits per heavy atom. The van der Waals surface area contributed by atoms with Crippen molar-refractivity contribution in [1.29, 1.82) is 0 Å². The minimum Gasteiger partial charge on any atom is -0.460 e. The Kier molecular flexibility index (Phi) is 4.77. The first-order valence-corrected chi connectivity index (χ1v) is 9.18. The number of ether oxygens (including phenoxy) is 1. The van der Waals surface area contributed by atoms with Crippen molar-refractivity contribution in [2.45, 2.75) is 31.7 Å². The van der Waals surface area contributed by atoms with E-state index in [4.69, 9.17) is 9.15 Å². The zero-order valence-electron chi connectivity index (χ0n) is 13.5. The lowest BCUT2D eigenvalue weighted by Crippen LogP contribution is -2.08. The van der Waals surface area contributed by atoms with Gasteiger partial charge in [-0.05, 0) is 38.5 Å². The third-order valence-electron chi connectivity index (χ3n) is 3.51. The molecule has 0 amide bonds. The minimum atomic E-state index is -0.480. The number of esters is 1. The molecule has 6 nitrogen and oxygen atoms in total. The molecule has 0 atom stereocenters. The fraction of sp³-hybridized carbons (Fsp3) is 0.312. The zero-order valence-corrected chi connectivity index (χ0v) is 15.1. The number of nitrogens with zero attached hydrogens (tertiary/aromatic N) is 1. The van der Waals surface area contributed by atoms with Crippen LogP contribution >= 0.6 is 23.1 Å². The molecule has 0 fully saturated rings. The van der Waals surface area contributed by atoms with E-state index >= 15 is 0 Å². The number of furan rings is 1. The van der Waals surface area contributed by atoms with Gasteiger partial charge in [-0.3, -0.25) is 4.79 Å². The van der Waals surface area contributed by atoms with Gasteiger partial charge in [-0.15, -0.1) is 11.3 Å². The molecular weight excluding hydrogens is 348 g/mol. The van der Waals surface area contributed by atoms with Crippen LogP contribution in [0.3, 0.4) is 0 Å². The molecule has 3 aromatic heterocycles. The summed E-state index contributed by atoms with van der Waals surface area (Å²) in [7, 11) is 0. The predicted molar refractivity (Wildman–Crippen MR) is 93.9 cm³/mol. The lowest BCUT2D eigenvalue weighted by molar-refractivity contribution is 0.0488. The maximum Gasteiger partial charge on any atom is 0.374 e. The highest BCUT2D eigenvalue weighted by Gasteiger charge is 2.14. The van der Waals surface area contributed by atoms with Gasteiger partial charge in [0.2, 0.25) is 5.76 Å². The van der Waals surface area contributed by atoms with E-state index in [0.717, 1.165) is 15.3 Å². The van der Waals surface area contributed by atoms with Crippen LogP contribution < -0.4 is 5.56 Å². The predicted octanol–water partition coefficient (Wildman–Crippen LogP) is 3.66. The Morgan fingerprint density at radius 2 is 2.21 bits per heavy atom. The molecule has 3 aromatic rings. The van der Waals surface area contributed by atoms with Crippen molar-refractivity contribution >= 4 is 39.3 Å². The molecule has 0 radical (unpaired) electrons. The molecule has 0 saturated heterocycles. The van der Waals surface area contributed by atoms with Crippen LogP contribution in [-0.4, -0.2) is 22.5 Å². The van der Waals surface area contributed by atoms with Crippen molar-refractivity contribution < 1.29 is 13.9 Å². The second-order valence-corrected chi connectivity index (χ2v) is 7.28. The molecule has 0 aliphatic carbocycles. The molecular formula is C16H16N2O4S2. The van der Waals surface area contributed by atoms with E-state index in [1.165, 1.54) is 23.1 Å². The van der Waals surface area contributed by atoms with Gasteiger partial charge in [0.15, 0.2) is 5.16 Å². The number of hydrogen-bond donors (Lipinski definition) is 1. The van der Waals surface area contributed by atoms with Gasteiger partial charge in [-0.25, -0.2) is 9.78 Å². The minimum absolute atomic E-state index is 0.129. The lowest BCUT2D eigenvalue weighted by Gasteiger charge is -2.00. The van der Waals surface area contributed by atoms with E-state index in [2.05, 4.69) is 9.97 Å². The Balaban J connectivity index is 1.76. The fourth-order valence-corrected chi connectivity index (χ4v) is 4.05. The molecule has 1 N–H and O–H groups in total. The molecule has 126 valence electrons. The Morgan fingerprint density at radius 3 is 2.96 bits per heavy atom. The summed E-state index contributed by atoms with van der Waals surface area (Å²) >= 11 is 2.86. The second kappa shape index (κ2) is 6.82. The first kappa shape index (κ1) is 16.8. The second-order valence-electron chi connectivity index (χ2n) is 5.11. The third-order valence-corrected chi connectivity index (χ3v) is 5.50. The number of hydrogen-bond acceptors (Lipinski definition) is 7. The average Bonchev–Trinajstić information content (AvgIpc) is 3.11. The maximum absolute atomic E-state index is 12.2. The van der Waals surface area contributed by atoms with E-state index in [1.807, 2.05) is 13.8 Å². The van der Waals surface area contributed by atoms with Crippen LogP contribution in [-0.2, 0) is 10.5 Å². The Hall–Kier alpha value is -2.06. The number of fused-ring (bicyclic) bond motifs is 1. The fourth-order valence-electron chi connectivity index (χ4n) is 2.21. The van der Waals surface area contributed by atoms with Gasteiger partial charge >= 0.3 is 5.97 Å². The quantitative estimate of drug-likeness (QED) is 0.422. The maximum atomic E-state index is 12.2. The number of H-pyrrole nitrogens is 1. The van der Waals surface area contributed by atoms with E-state index in [0.29, 0.717) is 28.7 Å². The third kappa shape index (κ3) is 3.25. The van der Waals surface area contributed by atoms with Gasteiger partial charge in [0.05, 0.1) is 17.7 Å². The molecule has 0 bridgehead atoms. The zero-order chi connectivity index (χ0) is 17.3. The van der Waals surface area contributed by atoms with Crippen molar-refractivity contribution in [2.24, 2.45) is 0 Å². The van der Waals surface area contributed by atoms with Crippen LogP contribution in [0.15, 0.2) is 26.5 Å². The molecule has 3 rings (SSSR count). The van der Waals surface area contributed by atoms with Crippen molar-refractivity contribution in [2.75, 3.05) is 6.61 Å². The highest BCUT2D eigenvalue weighted by Crippen LogP contribution is 2.28. The Bertz CT molecular complexity index is 955. The van der Waals surface area contributed by atoms with Crippen molar-refractivity contribution in [3.8, 4) is 0 Å². The molecule has 0 saturated carbocycles. The smallest absolute Gasteiger partial charge is 0.374 e. The Labute approximate surface area is 146 Å².